The fraction of sp³-hybridized carbons (Fsp3) is 0.688. The molecule has 0 aliphatic carbocycles. The van der Waals surface area contributed by atoms with E-state index in [9.17, 15) is 4.79 Å². The largest absolute Gasteiger partial charge is 0.383 e. The molecule has 0 atom stereocenters. The molecule has 0 bridgehead atoms. The second-order valence-electron chi connectivity index (χ2n) is 5.21. The lowest BCUT2D eigenvalue weighted by molar-refractivity contribution is 0.0836. The van der Waals surface area contributed by atoms with Gasteiger partial charge < -0.3 is 14.0 Å². The predicted molar refractivity (Wildman–Crippen MR) is 84.1 cm³/mol. The number of nitrogens with zero attached hydrogens (tertiary/aromatic N) is 2. The van der Waals surface area contributed by atoms with Crippen molar-refractivity contribution in [2.24, 2.45) is 0 Å². The maximum absolute atomic E-state index is 12.5. The van der Waals surface area contributed by atoms with E-state index >= 15 is 0 Å². The number of rotatable bonds is 10. The minimum atomic E-state index is 0.162. The van der Waals surface area contributed by atoms with Gasteiger partial charge in [-0.15, -0.1) is 0 Å². The van der Waals surface area contributed by atoms with Crippen molar-refractivity contribution in [3.8, 4) is 0 Å². The summed E-state index contributed by atoms with van der Waals surface area (Å²) in [6.45, 7) is 10.1. The Morgan fingerprint density at radius 3 is 2.19 bits per heavy atom. The molecule has 0 aliphatic rings. The summed E-state index contributed by atoms with van der Waals surface area (Å²) < 4.78 is 12.4. The van der Waals surface area contributed by atoms with Crippen molar-refractivity contribution >= 4 is 5.78 Å². The first-order valence-corrected chi connectivity index (χ1v) is 7.45. The molecule has 120 valence electrons. The van der Waals surface area contributed by atoms with Gasteiger partial charge in [0.15, 0.2) is 5.78 Å². The van der Waals surface area contributed by atoms with Gasteiger partial charge >= 0.3 is 0 Å². The minimum Gasteiger partial charge on any atom is -0.383 e. The van der Waals surface area contributed by atoms with Gasteiger partial charge in [0.05, 0.1) is 19.8 Å². The van der Waals surface area contributed by atoms with Gasteiger partial charge in [-0.1, -0.05) is 0 Å². The Hall–Kier alpha value is -1.17. The van der Waals surface area contributed by atoms with Crippen LogP contribution in [0.25, 0.3) is 0 Å². The highest BCUT2D eigenvalue weighted by Gasteiger charge is 2.17. The summed E-state index contributed by atoms with van der Waals surface area (Å²) in [5.74, 6) is 0.162. The topological polar surface area (TPSA) is 43.7 Å². The van der Waals surface area contributed by atoms with Crippen molar-refractivity contribution in [1.29, 1.82) is 0 Å². The molecule has 0 aromatic carbocycles. The first-order valence-electron chi connectivity index (χ1n) is 7.45. The summed E-state index contributed by atoms with van der Waals surface area (Å²) in [5.41, 5.74) is 3.02. The second-order valence-corrected chi connectivity index (χ2v) is 5.21. The van der Waals surface area contributed by atoms with Gasteiger partial charge in [0.1, 0.15) is 0 Å². The molecule has 0 radical (unpaired) electrons. The molecule has 0 N–H and O–H groups in total. The summed E-state index contributed by atoms with van der Waals surface area (Å²) in [6, 6.07) is 1.99. The highest BCUT2D eigenvalue weighted by molar-refractivity contribution is 5.99. The molecule has 5 heteroatoms. The SMILES string of the molecule is CCn1c(C)cc(C(=O)CN(CCOC)CCOC)c1C. The Balaban J connectivity index is 2.76. The normalized spacial score (nSPS) is 11.3. The zero-order valence-corrected chi connectivity index (χ0v) is 13.9. The quantitative estimate of drug-likeness (QED) is 0.619. The maximum atomic E-state index is 12.5. The Kier molecular flexibility index (Phi) is 7.64. The van der Waals surface area contributed by atoms with Gasteiger partial charge in [-0.2, -0.15) is 0 Å². The van der Waals surface area contributed by atoms with Crippen LogP contribution in [-0.4, -0.2) is 62.3 Å². The number of ether oxygens (including phenoxy) is 2. The molecule has 0 amide bonds. The lowest BCUT2D eigenvalue weighted by Gasteiger charge is -2.20. The number of Topliss-reactive ketones (excluding diaryl/α,β-unsaturated/α-hetero) is 1. The Bertz CT molecular complexity index is 447. The molecular weight excluding hydrogens is 268 g/mol. The molecule has 0 saturated heterocycles. The van der Waals surface area contributed by atoms with Crippen LogP contribution >= 0.6 is 0 Å². The smallest absolute Gasteiger partial charge is 0.178 e. The molecule has 0 spiro atoms. The van der Waals surface area contributed by atoms with Gasteiger partial charge in [-0.25, -0.2) is 0 Å². The van der Waals surface area contributed by atoms with Gasteiger partial charge in [-0.05, 0) is 26.8 Å². The first-order chi connectivity index (χ1) is 10.0. The molecule has 1 aromatic rings. The van der Waals surface area contributed by atoms with Crippen molar-refractivity contribution in [3.63, 3.8) is 0 Å². The summed E-state index contributed by atoms with van der Waals surface area (Å²) in [6.07, 6.45) is 0. The highest BCUT2D eigenvalue weighted by atomic mass is 16.5. The number of carbonyl (C=O) groups is 1. The zero-order chi connectivity index (χ0) is 15.8. The average molecular weight is 296 g/mol. The van der Waals surface area contributed by atoms with Gasteiger partial charge in [0, 0.05) is 50.8 Å². The van der Waals surface area contributed by atoms with Crippen molar-refractivity contribution in [2.75, 3.05) is 47.1 Å². The van der Waals surface area contributed by atoms with E-state index in [1.165, 1.54) is 0 Å². The Morgan fingerprint density at radius 1 is 1.19 bits per heavy atom. The molecule has 0 saturated carbocycles. The fourth-order valence-electron chi connectivity index (χ4n) is 2.57. The molecule has 1 rings (SSSR count). The maximum Gasteiger partial charge on any atom is 0.178 e. The van der Waals surface area contributed by atoms with Crippen LogP contribution in [0.15, 0.2) is 6.07 Å². The van der Waals surface area contributed by atoms with Crippen LogP contribution in [-0.2, 0) is 16.0 Å². The van der Waals surface area contributed by atoms with Crippen LogP contribution in [0.1, 0.15) is 28.7 Å². The summed E-state index contributed by atoms with van der Waals surface area (Å²) in [5, 5.41) is 0. The van der Waals surface area contributed by atoms with Crippen LogP contribution < -0.4 is 0 Å². The minimum absolute atomic E-state index is 0.162. The third kappa shape index (κ3) is 4.95. The van der Waals surface area contributed by atoms with Crippen molar-refractivity contribution in [3.05, 3.63) is 23.0 Å². The average Bonchev–Trinajstić information content (AvgIpc) is 2.76. The number of methoxy groups -OCH3 is 2. The fourth-order valence-corrected chi connectivity index (χ4v) is 2.57. The summed E-state index contributed by atoms with van der Waals surface area (Å²) >= 11 is 0. The molecule has 0 aliphatic heterocycles. The van der Waals surface area contributed by atoms with E-state index in [2.05, 4.69) is 16.4 Å². The van der Waals surface area contributed by atoms with Crippen LogP contribution in [0.2, 0.25) is 0 Å². The standard InChI is InChI=1S/C16H28N2O3/c1-6-18-13(2)11-15(14(18)3)16(19)12-17(7-9-20-4)8-10-21-5/h11H,6-10,12H2,1-5H3. The van der Waals surface area contributed by atoms with Crippen LogP contribution in [0.4, 0.5) is 0 Å². The zero-order valence-electron chi connectivity index (χ0n) is 13.9. The van der Waals surface area contributed by atoms with Crippen molar-refractivity contribution < 1.29 is 14.3 Å². The van der Waals surface area contributed by atoms with Gasteiger partial charge in [-0.3, -0.25) is 9.69 Å². The Labute approximate surface area is 127 Å². The molecular formula is C16H28N2O3. The first kappa shape index (κ1) is 17.9. The van der Waals surface area contributed by atoms with E-state index < -0.39 is 0 Å². The van der Waals surface area contributed by atoms with Crippen LogP contribution in [0, 0.1) is 13.8 Å². The monoisotopic (exact) mass is 296 g/mol. The number of ketones is 1. The number of aromatic nitrogens is 1. The van der Waals surface area contributed by atoms with Gasteiger partial charge in [0.25, 0.3) is 0 Å². The van der Waals surface area contributed by atoms with Crippen LogP contribution in [0.3, 0.4) is 0 Å². The third-order valence-electron chi connectivity index (χ3n) is 3.78. The van der Waals surface area contributed by atoms with E-state index in [4.69, 9.17) is 9.47 Å². The van der Waals surface area contributed by atoms with E-state index in [1.54, 1.807) is 14.2 Å². The number of carbonyl (C=O) groups excluding carboxylic acids is 1. The molecule has 1 aromatic heterocycles. The summed E-state index contributed by atoms with van der Waals surface area (Å²) in [7, 11) is 3.34. The molecule has 1 heterocycles. The number of hydrogen-bond donors (Lipinski definition) is 0. The molecule has 0 fully saturated rings. The number of aryl methyl sites for hydroxylation is 1. The third-order valence-corrected chi connectivity index (χ3v) is 3.78. The van der Waals surface area contributed by atoms with Gasteiger partial charge in [0.2, 0.25) is 0 Å². The molecule has 0 unspecified atom stereocenters. The van der Waals surface area contributed by atoms with Crippen molar-refractivity contribution in [2.45, 2.75) is 27.3 Å². The van der Waals surface area contributed by atoms with Crippen LogP contribution in [0.5, 0.6) is 0 Å². The Morgan fingerprint density at radius 2 is 1.76 bits per heavy atom. The van der Waals surface area contributed by atoms with E-state index in [0.29, 0.717) is 19.8 Å². The second kappa shape index (κ2) is 8.97. The predicted octanol–water partition coefficient (Wildman–Crippen LogP) is 1.90. The molecule has 5 nitrogen and oxygen atoms in total. The van der Waals surface area contributed by atoms with E-state index in [1.807, 2.05) is 19.9 Å². The lowest BCUT2D eigenvalue weighted by atomic mass is 10.1. The lowest BCUT2D eigenvalue weighted by Crippen LogP contribution is -2.35. The summed E-state index contributed by atoms with van der Waals surface area (Å²) in [4.78, 5) is 14.6. The van der Waals surface area contributed by atoms with Crippen molar-refractivity contribution in [1.82, 2.24) is 9.47 Å². The van der Waals surface area contributed by atoms with E-state index in [0.717, 1.165) is 36.6 Å². The number of hydrogen-bond acceptors (Lipinski definition) is 4. The molecule has 21 heavy (non-hydrogen) atoms. The van der Waals surface area contributed by atoms with E-state index in [-0.39, 0.29) is 5.78 Å². The highest BCUT2D eigenvalue weighted by Crippen LogP contribution is 2.16.